The van der Waals surface area contributed by atoms with Gasteiger partial charge < -0.3 is 5.32 Å². The molecule has 114 valence electrons. The summed E-state index contributed by atoms with van der Waals surface area (Å²) in [5.74, 6) is 2.39. The number of fused-ring (bicyclic) bond motifs is 1. The van der Waals surface area contributed by atoms with Crippen LogP contribution in [0.2, 0.25) is 5.02 Å². The molecule has 1 unspecified atom stereocenters. The van der Waals surface area contributed by atoms with E-state index in [4.69, 9.17) is 11.6 Å². The summed E-state index contributed by atoms with van der Waals surface area (Å²) in [6.07, 6.45) is 4.04. The maximum absolute atomic E-state index is 6.37. The van der Waals surface area contributed by atoms with Gasteiger partial charge in [0.15, 0.2) is 0 Å². The van der Waals surface area contributed by atoms with Gasteiger partial charge in [-0.15, -0.1) is 11.3 Å². The maximum atomic E-state index is 6.37. The Balaban J connectivity index is 1.97. The largest absolute Gasteiger partial charge is 0.304 e. The molecule has 3 heterocycles. The van der Waals surface area contributed by atoms with Gasteiger partial charge in [0.1, 0.15) is 0 Å². The van der Waals surface area contributed by atoms with Crippen LogP contribution in [0.15, 0.2) is 12.3 Å². The van der Waals surface area contributed by atoms with E-state index in [2.05, 4.69) is 23.4 Å². The molecule has 0 amide bonds. The number of halogens is 1. The molecule has 2 aromatic rings. The molecule has 0 spiro atoms. The van der Waals surface area contributed by atoms with E-state index in [1.165, 1.54) is 22.6 Å². The monoisotopic (exact) mass is 341 g/mol. The normalized spacial score (nSPS) is 16.0. The molecule has 0 fully saturated rings. The van der Waals surface area contributed by atoms with Crippen molar-refractivity contribution in [2.75, 3.05) is 12.3 Å². The van der Waals surface area contributed by atoms with Gasteiger partial charge in [0, 0.05) is 22.6 Å². The van der Waals surface area contributed by atoms with E-state index in [1.807, 2.05) is 34.8 Å². The summed E-state index contributed by atoms with van der Waals surface area (Å²) in [6.45, 7) is 3.16. The molecule has 0 bridgehead atoms. The first-order valence-electron chi connectivity index (χ1n) is 7.30. The minimum atomic E-state index is 0.144. The third kappa shape index (κ3) is 3.16. The van der Waals surface area contributed by atoms with Gasteiger partial charge in [-0.1, -0.05) is 18.5 Å². The Morgan fingerprint density at radius 2 is 2.38 bits per heavy atom. The number of nitrogens with one attached hydrogen (secondary N) is 1. The van der Waals surface area contributed by atoms with Crippen molar-refractivity contribution in [2.24, 2.45) is 7.05 Å². The number of aryl methyl sites for hydroxylation is 2. The predicted octanol–water partition coefficient (Wildman–Crippen LogP) is 4.01. The lowest BCUT2D eigenvalue weighted by Crippen LogP contribution is -2.24. The summed E-state index contributed by atoms with van der Waals surface area (Å²) < 4.78 is 1.89. The highest BCUT2D eigenvalue weighted by Gasteiger charge is 2.24. The molecule has 1 aliphatic rings. The van der Waals surface area contributed by atoms with Crippen LogP contribution in [0.4, 0.5) is 0 Å². The SMILES string of the molecule is CCCNC(c1cc2c(s1)CCSC2)c1c(Cl)cnn1C. The minimum Gasteiger partial charge on any atom is -0.304 e. The topological polar surface area (TPSA) is 29.9 Å². The first kappa shape index (κ1) is 15.4. The number of rotatable bonds is 5. The molecule has 3 nitrogen and oxygen atoms in total. The second-order valence-corrected chi connectivity index (χ2v) is 7.97. The fraction of sp³-hybridized carbons (Fsp3) is 0.533. The Morgan fingerprint density at radius 3 is 3.05 bits per heavy atom. The zero-order valence-electron chi connectivity index (χ0n) is 12.4. The number of hydrogen-bond donors (Lipinski definition) is 1. The zero-order valence-corrected chi connectivity index (χ0v) is 14.7. The Morgan fingerprint density at radius 1 is 1.52 bits per heavy atom. The van der Waals surface area contributed by atoms with Crippen molar-refractivity contribution < 1.29 is 0 Å². The van der Waals surface area contributed by atoms with Gasteiger partial charge in [-0.3, -0.25) is 4.68 Å². The van der Waals surface area contributed by atoms with Crippen molar-refractivity contribution in [3.8, 4) is 0 Å². The van der Waals surface area contributed by atoms with E-state index in [0.29, 0.717) is 0 Å². The molecule has 2 aromatic heterocycles. The quantitative estimate of drug-likeness (QED) is 0.891. The fourth-order valence-corrected chi connectivity index (χ4v) is 5.41. The molecular formula is C15H20ClN3S2. The highest BCUT2D eigenvalue weighted by atomic mass is 35.5. The van der Waals surface area contributed by atoms with Crippen LogP contribution in [0.5, 0.6) is 0 Å². The molecule has 0 saturated heterocycles. The second-order valence-electron chi connectivity index (χ2n) is 5.29. The molecule has 1 atom stereocenters. The van der Waals surface area contributed by atoms with Gasteiger partial charge >= 0.3 is 0 Å². The second kappa shape index (κ2) is 6.73. The summed E-state index contributed by atoms with van der Waals surface area (Å²) in [4.78, 5) is 2.91. The van der Waals surface area contributed by atoms with Crippen molar-refractivity contribution in [3.63, 3.8) is 0 Å². The van der Waals surface area contributed by atoms with Crippen LogP contribution in [0.1, 0.15) is 40.4 Å². The number of nitrogens with zero attached hydrogens (tertiary/aromatic N) is 2. The summed E-state index contributed by atoms with van der Waals surface area (Å²) in [5, 5.41) is 8.68. The number of hydrogen-bond acceptors (Lipinski definition) is 4. The molecule has 6 heteroatoms. The number of aromatic nitrogens is 2. The summed E-state index contributed by atoms with van der Waals surface area (Å²) in [5.41, 5.74) is 2.57. The zero-order chi connectivity index (χ0) is 14.8. The van der Waals surface area contributed by atoms with Gasteiger partial charge in [-0.2, -0.15) is 16.9 Å². The molecule has 1 N–H and O–H groups in total. The first-order chi connectivity index (χ1) is 10.2. The average molecular weight is 342 g/mol. The molecule has 3 rings (SSSR count). The number of thiophene rings is 1. The Kier molecular flexibility index (Phi) is 4.94. The van der Waals surface area contributed by atoms with Crippen LogP contribution in [0, 0.1) is 0 Å². The predicted molar refractivity (Wildman–Crippen MR) is 92.5 cm³/mol. The summed E-state index contributed by atoms with van der Waals surface area (Å²) in [7, 11) is 1.96. The molecule has 0 aliphatic carbocycles. The van der Waals surface area contributed by atoms with E-state index in [0.717, 1.165) is 29.4 Å². The molecule has 21 heavy (non-hydrogen) atoms. The number of thioether (sulfide) groups is 1. The van der Waals surface area contributed by atoms with Gasteiger partial charge in [0.25, 0.3) is 0 Å². The molecule has 0 saturated carbocycles. The third-order valence-electron chi connectivity index (χ3n) is 3.74. The lowest BCUT2D eigenvalue weighted by Gasteiger charge is -2.18. The first-order valence-corrected chi connectivity index (χ1v) is 9.65. The van der Waals surface area contributed by atoms with E-state index in [-0.39, 0.29) is 6.04 Å². The molecular weight excluding hydrogens is 322 g/mol. The van der Waals surface area contributed by atoms with Crippen molar-refractivity contribution in [1.82, 2.24) is 15.1 Å². The van der Waals surface area contributed by atoms with Crippen LogP contribution >= 0.6 is 34.7 Å². The van der Waals surface area contributed by atoms with E-state index in [9.17, 15) is 0 Å². The standard InChI is InChI=1S/C15H20ClN3S2/c1-3-5-17-14(15-11(16)8-18-19(15)2)13-7-10-9-20-6-4-12(10)21-13/h7-8,14,17H,3-6,9H2,1-2H3. The summed E-state index contributed by atoms with van der Waals surface area (Å²) >= 11 is 10.3. The van der Waals surface area contributed by atoms with E-state index in [1.54, 1.807) is 11.1 Å². The van der Waals surface area contributed by atoms with Crippen molar-refractivity contribution in [2.45, 2.75) is 31.6 Å². The van der Waals surface area contributed by atoms with Crippen LogP contribution in [0.25, 0.3) is 0 Å². The third-order valence-corrected chi connectivity index (χ3v) is 6.34. The molecule has 1 aliphatic heterocycles. The lowest BCUT2D eigenvalue weighted by molar-refractivity contribution is 0.560. The van der Waals surface area contributed by atoms with Crippen LogP contribution in [-0.4, -0.2) is 22.1 Å². The van der Waals surface area contributed by atoms with Crippen LogP contribution in [0.3, 0.4) is 0 Å². The Bertz CT molecular complexity index is 577. The highest BCUT2D eigenvalue weighted by Crippen LogP contribution is 2.37. The molecule has 0 radical (unpaired) electrons. The van der Waals surface area contributed by atoms with Gasteiger partial charge in [0.2, 0.25) is 0 Å². The van der Waals surface area contributed by atoms with Crippen LogP contribution in [-0.2, 0) is 19.2 Å². The van der Waals surface area contributed by atoms with Gasteiger partial charge in [0.05, 0.1) is 23.0 Å². The van der Waals surface area contributed by atoms with Gasteiger partial charge in [-0.05, 0) is 36.8 Å². The van der Waals surface area contributed by atoms with Gasteiger partial charge in [-0.25, -0.2) is 0 Å². The lowest BCUT2D eigenvalue weighted by atomic mass is 10.1. The fourth-order valence-electron chi connectivity index (χ4n) is 2.68. The van der Waals surface area contributed by atoms with Crippen molar-refractivity contribution in [1.29, 1.82) is 0 Å². The van der Waals surface area contributed by atoms with Crippen molar-refractivity contribution >= 4 is 34.7 Å². The molecule has 0 aromatic carbocycles. The highest BCUT2D eigenvalue weighted by molar-refractivity contribution is 7.98. The Hall–Kier alpha value is -0.490. The Labute approximate surface area is 139 Å². The smallest absolute Gasteiger partial charge is 0.0857 e. The summed E-state index contributed by atoms with van der Waals surface area (Å²) in [6, 6.07) is 2.51. The minimum absolute atomic E-state index is 0.144. The van der Waals surface area contributed by atoms with E-state index >= 15 is 0 Å². The van der Waals surface area contributed by atoms with E-state index < -0.39 is 0 Å². The average Bonchev–Trinajstić information content (AvgIpc) is 3.05. The maximum Gasteiger partial charge on any atom is 0.0857 e. The van der Waals surface area contributed by atoms with Crippen molar-refractivity contribution in [3.05, 3.63) is 38.3 Å². The van der Waals surface area contributed by atoms with Crippen LogP contribution < -0.4 is 5.32 Å².